The lowest BCUT2D eigenvalue weighted by molar-refractivity contribution is -0.00835. The van der Waals surface area contributed by atoms with Gasteiger partial charge in [-0.25, -0.2) is 0 Å². The maximum Gasteiger partial charge on any atom is 0.0634 e. The van der Waals surface area contributed by atoms with Gasteiger partial charge in [0.1, 0.15) is 0 Å². The minimum absolute atomic E-state index is 0.0242. The van der Waals surface area contributed by atoms with E-state index in [1.165, 1.54) is 0 Å². The number of piperazine rings is 1. The van der Waals surface area contributed by atoms with Crippen molar-refractivity contribution in [1.29, 1.82) is 0 Å². The van der Waals surface area contributed by atoms with E-state index in [0.717, 1.165) is 26.1 Å². The van der Waals surface area contributed by atoms with E-state index in [2.05, 4.69) is 58.7 Å². The number of rotatable bonds is 5. The summed E-state index contributed by atoms with van der Waals surface area (Å²) in [6.07, 6.45) is 1.09. The topological polar surface area (TPSA) is 24.5 Å². The monoisotopic (exact) mass is 284 g/mol. The van der Waals surface area contributed by atoms with Gasteiger partial charge in [0.2, 0.25) is 0 Å². The molecule has 0 radical (unpaired) electrons. The molecule has 0 aromatic heterocycles. The van der Waals surface area contributed by atoms with Crippen molar-refractivity contribution in [1.82, 2.24) is 10.2 Å². The molecule has 0 aromatic carbocycles. The van der Waals surface area contributed by atoms with Crippen molar-refractivity contribution in [3.05, 3.63) is 0 Å². The highest BCUT2D eigenvalue weighted by atomic mass is 16.5. The first-order chi connectivity index (χ1) is 9.07. The van der Waals surface area contributed by atoms with Gasteiger partial charge < -0.3 is 10.1 Å². The van der Waals surface area contributed by atoms with Crippen molar-refractivity contribution in [2.75, 3.05) is 26.7 Å². The zero-order valence-corrected chi connectivity index (χ0v) is 14.9. The van der Waals surface area contributed by atoms with E-state index in [4.69, 9.17) is 4.74 Å². The van der Waals surface area contributed by atoms with Crippen LogP contribution in [0.3, 0.4) is 0 Å². The third-order valence-corrected chi connectivity index (χ3v) is 4.83. The lowest BCUT2D eigenvalue weighted by Crippen LogP contribution is -2.62. The van der Waals surface area contributed by atoms with Crippen molar-refractivity contribution < 1.29 is 4.74 Å². The Morgan fingerprint density at radius 1 is 1.20 bits per heavy atom. The number of nitrogens with zero attached hydrogens (tertiary/aromatic N) is 1. The van der Waals surface area contributed by atoms with E-state index in [1.807, 2.05) is 7.11 Å². The van der Waals surface area contributed by atoms with Crippen LogP contribution in [-0.2, 0) is 4.74 Å². The number of hydrogen-bond donors (Lipinski definition) is 1. The molecule has 1 aliphatic heterocycles. The summed E-state index contributed by atoms with van der Waals surface area (Å²) in [5.74, 6) is 0.689. The molecule has 0 aromatic rings. The first kappa shape index (κ1) is 17.9. The lowest BCUT2D eigenvalue weighted by atomic mass is 9.83. The minimum atomic E-state index is -0.0242. The van der Waals surface area contributed by atoms with Gasteiger partial charge in [0.15, 0.2) is 0 Å². The van der Waals surface area contributed by atoms with Crippen LogP contribution in [0.25, 0.3) is 0 Å². The average molecular weight is 284 g/mol. The molecule has 1 heterocycles. The number of nitrogens with one attached hydrogen (secondary N) is 1. The van der Waals surface area contributed by atoms with E-state index >= 15 is 0 Å². The number of ether oxygens (including phenoxy) is 1. The van der Waals surface area contributed by atoms with Crippen molar-refractivity contribution in [3.8, 4) is 0 Å². The fourth-order valence-corrected chi connectivity index (χ4v) is 2.84. The van der Waals surface area contributed by atoms with Gasteiger partial charge in [-0.3, -0.25) is 4.90 Å². The normalized spacial score (nSPS) is 26.2. The molecular weight excluding hydrogens is 248 g/mol. The summed E-state index contributed by atoms with van der Waals surface area (Å²) < 4.78 is 5.58. The summed E-state index contributed by atoms with van der Waals surface area (Å²) in [6, 6.07) is 1.21. The van der Waals surface area contributed by atoms with E-state index in [-0.39, 0.29) is 5.60 Å². The van der Waals surface area contributed by atoms with Gasteiger partial charge in [0.05, 0.1) is 5.60 Å². The zero-order chi connectivity index (χ0) is 15.6. The molecule has 0 amide bonds. The number of methoxy groups -OCH3 is 1. The molecule has 0 aliphatic carbocycles. The second kappa shape index (κ2) is 6.76. The maximum absolute atomic E-state index is 5.58. The Hall–Kier alpha value is -0.120. The van der Waals surface area contributed by atoms with Gasteiger partial charge in [0.25, 0.3) is 0 Å². The fourth-order valence-electron chi connectivity index (χ4n) is 2.84. The second-order valence-corrected chi connectivity index (χ2v) is 8.35. The summed E-state index contributed by atoms with van der Waals surface area (Å²) in [5.41, 5.74) is 0.292. The Morgan fingerprint density at radius 2 is 1.80 bits per heavy atom. The summed E-state index contributed by atoms with van der Waals surface area (Å²) >= 11 is 0. The Balaban J connectivity index is 2.69. The molecule has 1 N–H and O–H groups in total. The SMILES string of the molecule is COC(C)(C)CCN1CC(C(C)(C)C)NCC1C(C)C. The summed E-state index contributed by atoms with van der Waals surface area (Å²) in [7, 11) is 1.82. The summed E-state index contributed by atoms with van der Waals surface area (Å²) in [4.78, 5) is 2.68. The van der Waals surface area contributed by atoms with Gasteiger partial charge >= 0.3 is 0 Å². The second-order valence-electron chi connectivity index (χ2n) is 8.35. The highest BCUT2D eigenvalue weighted by molar-refractivity contribution is 4.93. The molecule has 1 rings (SSSR count). The first-order valence-electron chi connectivity index (χ1n) is 8.09. The van der Waals surface area contributed by atoms with Crippen LogP contribution in [0.4, 0.5) is 0 Å². The van der Waals surface area contributed by atoms with Crippen molar-refractivity contribution in [2.45, 2.75) is 72.6 Å². The predicted molar refractivity (Wildman–Crippen MR) is 87.1 cm³/mol. The van der Waals surface area contributed by atoms with Gasteiger partial charge in [-0.2, -0.15) is 0 Å². The van der Waals surface area contributed by atoms with Crippen LogP contribution in [0, 0.1) is 11.3 Å². The lowest BCUT2D eigenvalue weighted by Gasteiger charge is -2.47. The van der Waals surface area contributed by atoms with Crippen LogP contribution in [0.5, 0.6) is 0 Å². The van der Waals surface area contributed by atoms with Gasteiger partial charge in [-0.05, 0) is 31.6 Å². The van der Waals surface area contributed by atoms with Crippen molar-refractivity contribution in [3.63, 3.8) is 0 Å². The molecule has 0 spiro atoms. The Labute approximate surface area is 126 Å². The molecule has 0 saturated carbocycles. The first-order valence-corrected chi connectivity index (χ1v) is 8.09. The van der Waals surface area contributed by atoms with Crippen LogP contribution < -0.4 is 5.32 Å². The Morgan fingerprint density at radius 3 is 2.25 bits per heavy atom. The smallest absolute Gasteiger partial charge is 0.0634 e. The highest BCUT2D eigenvalue weighted by Gasteiger charge is 2.35. The van der Waals surface area contributed by atoms with E-state index in [1.54, 1.807) is 0 Å². The molecule has 120 valence electrons. The van der Waals surface area contributed by atoms with Crippen LogP contribution >= 0.6 is 0 Å². The quantitative estimate of drug-likeness (QED) is 0.839. The Bertz CT molecular complexity index is 294. The van der Waals surface area contributed by atoms with Crippen LogP contribution in [0.15, 0.2) is 0 Å². The average Bonchev–Trinajstić information content (AvgIpc) is 2.35. The van der Waals surface area contributed by atoms with Gasteiger partial charge in [-0.1, -0.05) is 34.6 Å². The molecule has 2 atom stereocenters. The Kier molecular flexibility index (Phi) is 6.06. The molecular formula is C17H36N2O. The molecule has 1 fully saturated rings. The fraction of sp³-hybridized carbons (Fsp3) is 1.00. The van der Waals surface area contributed by atoms with Gasteiger partial charge in [-0.15, -0.1) is 0 Å². The molecule has 20 heavy (non-hydrogen) atoms. The van der Waals surface area contributed by atoms with E-state index in [9.17, 15) is 0 Å². The van der Waals surface area contributed by atoms with Crippen LogP contribution in [0.2, 0.25) is 0 Å². The summed E-state index contributed by atoms with van der Waals surface area (Å²) in [6.45, 7) is 19.4. The van der Waals surface area contributed by atoms with Crippen molar-refractivity contribution in [2.24, 2.45) is 11.3 Å². The largest absolute Gasteiger partial charge is 0.379 e. The maximum atomic E-state index is 5.58. The van der Waals surface area contributed by atoms with Crippen LogP contribution in [-0.4, -0.2) is 49.3 Å². The standard InChI is InChI=1S/C17H36N2O/c1-13(2)14-11-18-15(16(3,4)5)12-19(14)10-9-17(6,7)20-8/h13-15,18H,9-12H2,1-8H3. The molecule has 2 unspecified atom stereocenters. The van der Waals surface area contributed by atoms with E-state index in [0.29, 0.717) is 23.4 Å². The highest BCUT2D eigenvalue weighted by Crippen LogP contribution is 2.26. The molecule has 0 bridgehead atoms. The third kappa shape index (κ3) is 5.01. The zero-order valence-electron chi connectivity index (χ0n) is 14.9. The number of hydrogen-bond acceptors (Lipinski definition) is 3. The third-order valence-electron chi connectivity index (χ3n) is 4.83. The van der Waals surface area contributed by atoms with Crippen molar-refractivity contribution >= 4 is 0 Å². The predicted octanol–water partition coefficient (Wildman–Crippen LogP) is 3.15. The minimum Gasteiger partial charge on any atom is -0.379 e. The van der Waals surface area contributed by atoms with Crippen LogP contribution in [0.1, 0.15) is 54.9 Å². The molecule has 3 nitrogen and oxygen atoms in total. The molecule has 1 saturated heterocycles. The molecule has 3 heteroatoms. The van der Waals surface area contributed by atoms with Gasteiger partial charge in [0, 0.05) is 38.8 Å². The summed E-state index contributed by atoms with van der Waals surface area (Å²) in [5, 5.41) is 3.76. The van der Waals surface area contributed by atoms with E-state index < -0.39 is 0 Å². The molecule has 1 aliphatic rings.